The highest BCUT2D eigenvalue weighted by Gasteiger charge is 2.18. The normalized spacial score (nSPS) is 14.5. The van der Waals surface area contributed by atoms with Gasteiger partial charge in [-0.05, 0) is 36.6 Å². The monoisotopic (exact) mass is 286 g/mol. The van der Waals surface area contributed by atoms with E-state index in [0.717, 1.165) is 15.6 Å². The molecule has 0 aliphatic heterocycles. The number of carboxylic acids is 1. The summed E-state index contributed by atoms with van der Waals surface area (Å²) in [5.74, 6) is -1.02. The Labute approximate surface area is 103 Å². The molecular formula is C11H15BrN2O2. The number of rotatable bonds is 4. The van der Waals surface area contributed by atoms with E-state index in [-0.39, 0.29) is 12.5 Å². The van der Waals surface area contributed by atoms with Crippen molar-refractivity contribution in [1.82, 2.24) is 0 Å². The van der Waals surface area contributed by atoms with Crippen LogP contribution in [0, 0.1) is 6.92 Å². The highest BCUT2D eigenvalue weighted by molar-refractivity contribution is 9.10. The van der Waals surface area contributed by atoms with Crippen LogP contribution >= 0.6 is 15.9 Å². The first-order chi connectivity index (χ1) is 7.41. The van der Waals surface area contributed by atoms with Crippen LogP contribution in [0.15, 0.2) is 22.7 Å². The molecule has 0 saturated carbocycles. The van der Waals surface area contributed by atoms with Crippen LogP contribution < -0.4 is 11.5 Å². The molecule has 16 heavy (non-hydrogen) atoms. The van der Waals surface area contributed by atoms with Crippen LogP contribution in [0.1, 0.15) is 23.6 Å². The molecule has 0 aliphatic rings. The number of carbonyl (C=O) groups is 1. The SMILES string of the molecule is Cc1ccc(Br)cc1C(N)CC(N)C(=O)O. The van der Waals surface area contributed by atoms with Gasteiger partial charge < -0.3 is 16.6 Å². The van der Waals surface area contributed by atoms with Gasteiger partial charge in [-0.15, -0.1) is 0 Å². The number of nitrogens with two attached hydrogens (primary N) is 2. The van der Waals surface area contributed by atoms with E-state index >= 15 is 0 Å². The third-order valence-electron chi connectivity index (χ3n) is 2.47. The molecular weight excluding hydrogens is 272 g/mol. The van der Waals surface area contributed by atoms with Crippen LogP contribution in [0.4, 0.5) is 0 Å². The van der Waals surface area contributed by atoms with Gasteiger partial charge in [0.15, 0.2) is 0 Å². The molecule has 0 bridgehead atoms. The molecule has 5 N–H and O–H groups in total. The topological polar surface area (TPSA) is 89.3 Å². The molecule has 0 aromatic heterocycles. The van der Waals surface area contributed by atoms with Crippen molar-refractivity contribution < 1.29 is 9.90 Å². The number of carboxylic acid groups (broad SMARTS) is 1. The average molecular weight is 287 g/mol. The van der Waals surface area contributed by atoms with E-state index in [2.05, 4.69) is 15.9 Å². The molecule has 1 aromatic rings. The zero-order valence-electron chi connectivity index (χ0n) is 8.98. The van der Waals surface area contributed by atoms with Crippen LogP contribution in [0.5, 0.6) is 0 Å². The zero-order valence-corrected chi connectivity index (χ0v) is 10.6. The van der Waals surface area contributed by atoms with Crippen molar-refractivity contribution in [2.45, 2.75) is 25.4 Å². The molecule has 0 amide bonds. The van der Waals surface area contributed by atoms with Crippen LogP contribution in [0.2, 0.25) is 0 Å². The van der Waals surface area contributed by atoms with E-state index in [1.54, 1.807) is 0 Å². The Morgan fingerprint density at radius 2 is 2.12 bits per heavy atom. The quantitative estimate of drug-likeness (QED) is 0.784. The maximum atomic E-state index is 10.6. The molecule has 88 valence electrons. The standard InChI is InChI=1S/C11H15BrN2O2/c1-6-2-3-7(12)4-8(6)9(13)5-10(14)11(15)16/h2-4,9-10H,5,13-14H2,1H3,(H,15,16). The molecule has 0 radical (unpaired) electrons. The minimum Gasteiger partial charge on any atom is -0.480 e. The second-order valence-electron chi connectivity index (χ2n) is 3.79. The first-order valence-electron chi connectivity index (χ1n) is 4.92. The summed E-state index contributed by atoms with van der Waals surface area (Å²) >= 11 is 3.36. The first-order valence-corrected chi connectivity index (χ1v) is 5.71. The number of halogens is 1. The number of hydrogen-bond acceptors (Lipinski definition) is 3. The summed E-state index contributed by atoms with van der Waals surface area (Å²) in [6.07, 6.45) is 0.229. The summed E-state index contributed by atoms with van der Waals surface area (Å²) in [5, 5.41) is 8.71. The van der Waals surface area contributed by atoms with Gasteiger partial charge in [-0.2, -0.15) is 0 Å². The maximum Gasteiger partial charge on any atom is 0.320 e. The minimum atomic E-state index is -1.02. The van der Waals surface area contributed by atoms with Crippen molar-refractivity contribution in [2.24, 2.45) is 11.5 Å². The number of aryl methyl sites for hydroxylation is 1. The van der Waals surface area contributed by atoms with Gasteiger partial charge in [0.2, 0.25) is 0 Å². The van der Waals surface area contributed by atoms with E-state index in [1.165, 1.54) is 0 Å². The molecule has 0 heterocycles. The van der Waals surface area contributed by atoms with Gasteiger partial charge in [0.1, 0.15) is 6.04 Å². The molecule has 4 nitrogen and oxygen atoms in total. The van der Waals surface area contributed by atoms with E-state index in [0.29, 0.717) is 0 Å². The molecule has 5 heteroatoms. The Hall–Kier alpha value is -0.910. The summed E-state index contributed by atoms with van der Waals surface area (Å²) in [6, 6.07) is 4.47. The Kier molecular flexibility index (Phi) is 4.46. The lowest BCUT2D eigenvalue weighted by Gasteiger charge is -2.17. The Balaban J connectivity index is 2.83. The second kappa shape index (κ2) is 5.43. The van der Waals surface area contributed by atoms with Gasteiger partial charge >= 0.3 is 5.97 Å². The summed E-state index contributed by atoms with van der Waals surface area (Å²) in [4.78, 5) is 10.6. The van der Waals surface area contributed by atoms with Crippen molar-refractivity contribution >= 4 is 21.9 Å². The zero-order chi connectivity index (χ0) is 12.3. The molecule has 1 rings (SSSR count). The van der Waals surface area contributed by atoms with E-state index in [1.807, 2.05) is 25.1 Å². The van der Waals surface area contributed by atoms with Gasteiger partial charge in [0, 0.05) is 10.5 Å². The fourth-order valence-corrected chi connectivity index (χ4v) is 1.89. The van der Waals surface area contributed by atoms with Crippen LogP contribution in [-0.2, 0) is 4.79 Å². The van der Waals surface area contributed by atoms with Gasteiger partial charge in [0.05, 0.1) is 0 Å². The van der Waals surface area contributed by atoms with Crippen LogP contribution in [0.25, 0.3) is 0 Å². The number of benzene rings is 1. The molecule has 0 fully saturated rings. The lowest BCUT2D eigenvalue weighted by Crippen LogP contribution is -2.34. The average Bonchev–Trinajstić information content (AvgIpc) is 2.21. The maximum absolute atomic E-state index is 10.6. The summed E-state index contributed by atoms with van der Waals surface area (Å²) in [5.41, 5.74) is 13.3. The minimum absolute atomic E-state index is 0.229. The predicted molar refractivity (Wildman–Crippen MR) is 66.0 cm³/mol. The summed E-state index contributed by atoms with van der Waals surface area (Å²) in [6.45, 7) is 1.94. The predicted octanol–water partition coefficient (Wildman–Crippen LogP) is 1.56. The lowest BCUT2D eigenvalue weighted by molar-refractivity contribution is -0.138. The highest BCUT2D eigenvalue weighted by atomic mass is 79.9. The number of aliphatic carboxylic acids is 1. The van der Waals surface area contributed by atoms with Crippen molar-refractivity contribution in [3.05, 3.63) is 33.8 Å². The Morgan fingerprint density at radius 3 is 2.69 bits per heavy atom. The molecule has 0 aliphatic carbocycles. The summed E-state index contributed by atoms with van der Waals surface area (Å²) < 4.78 is 0.924. The molecule has 0 saturated heterocycles. The molecule has 0 spiro atoms. The second-order valence-corrected chi connectivity index (χ2v) is 4.70. The van der Waals surface area contributed by atoms with Gasteiger partial charge in [-0.25, -0.2) is 0 Å². The van der Waals surface area contributed by atoms with Gasteiger partial charge in [-0.1, -0.05) is 22.0 Å². The third-order valence-corrected chi connectivity index (χ3v) is 2.96. The van der Waals surface area contributed by atoms with E-state index < -0.39 is 12.0 Å². The first kappa shape index (κ1) is 13.2. The van der Waals surface area contributed by atoms with Crippen LogP contribution in [0.3, 0.4) is 0 Å². The highest BCUT2D eigenvalue weighted by Crippen LogP contribution is 2.23. The third kappa shape index (κ3) is 3.30. The van der Waals surface area contributed by atoms with Gasteiger partial charge in [0.25, 0.3) is 0 Å². The number of hydrogen-bond donors (Lipinski definition) is 3. The van der Waals surface area contributed by atoms with E-state index in [9.17, 15) is 4.79 Å². The largest absolute Gasteiger partial charge is 0.480 e. The molecule has 1 aromatic carbocycles. The Morgan fingerprint density at radius 1 is 1.50 bits per heavy atom. The van der Waals surface area contributed by atoms with Gasteiger partial charge in [-0.3, -0.25) is 4.79 Å². The van der Waals surface area contributed by atoms with E-state index in [4.69, 9.17) is 16.6 Å². The van der Waals surface area contributed by atoms with Crippen molar-refractivity contribution in [1.29, 1.82) is 0 Å². The van der Waals surface area contributed by atoms with Crippen molar-refractivity contribution in [2.75, 3.05) is 0 Å². The van der Waals surface area contributed by atoms with Crippen molar-refractivity contribution in [3.63, 3.8) is 0 Å². The fraction of sp³-hybridized carbons (Fsp3) is 0.364. The van der Waals surface area contributed by atoms with Crippen LogP contribution in [-0.4, -0.2) is 17.1 Å². The Bertz CT molecular complexity index is 396. The fourth-order valence-electron chi connectivity index (χ4n) is 1.51. The molecule has 2 unspecified atom stereocenters. The lowest BCUT2D eigenvalue weighted by atomic mass is 9.97. The van der Waals surface area contributed by atoms with Crippen molar-refractivity contribution in [3.8, 4) is 0 Å². The smallest absolute Gasteiger partial charge is 0.320 e. The summed E-state index contributed by atoms with van der Waals surface area (Å²) in [7, 11) is 0. The molecule has 2 atom stereocenters.